The first-order valence-electron chi connectivity index (χ1n) is 5.90. The van der Waals surface area contributed by atoms with E-state index >= 15 is 0 Å². The number of pyridine rings is 1. The minimum atomic E-state index is -1.12. The van der Waals surface area contributed by atoms with E-state index < -0.39 is 11.0 Å². The van der Waals surface area contributed by atoms with Gasteiger partial charge in [0.15, 0.2) is 5.58 Å². The molecular weight excluding hydrogens is 248 g/mol. The van der Waals surface area contributed by atoms with Gasteiger partial charge in [0.05, 0.1) is 21.8 Å². The fourth-order valence-electron chi connectivity index (χ4n) is 1.50. The Kier molecular flexibility index (Phi) is 3.54. The molecule has 0 fully saturated rings. The molecule has 0 amide bonds. The lowest BCUT2D eigenvalue weighted by Gasteiger charge is -2.20. The van der Waals surface area contributed by atoms with E-state index in [4.69, 9.17) is 4.42 Å². The first-order chi connectivity index (χ1) is 8.38. The van der Waals surface area contributed by atoms with Crippen LogP contribution in [0.1, 0.15) is 39.5 Å². The van der Waals surface area contributed by atoms with Gasteiger partial charge in [-0.1, -0.05) is 0 Å². The van der Waals surface area contributed by atoms with Crippen molar-refractivity contribution in [2.45, 2.75) is 38.5 Å². The maximum Gasteiger partial charge on any atom is 0.152 e. The summed E-state index contributed by atoms with van der Waals surface area (Å²) in [6.45, 7) is 7.73. The highest BCUT2D eigenvalue weighted by atomic mass is 32.2. The van der Waals surface area contributed by atoms with Crippen LogP contribution in [0.4, 0.5) is 0 Å². The third kappa shape index (κ3) is 2.79. The Bertz CT molecular complexity index is 539. The van der Waals surface area contributed by atoms with E-state index in [2.05, 4.69) is 9.71 Å². The van der Waals surface area contributed by atoms with Gasteiger partial charge in [-0.3, -0.25) is 4.98 Å². The summed E-state index contributed by atoms with van der Waals surface area (Å²) in [5, 5.41) is 0. The van der Waals surface area contributed by atoms with Gasteiger partial charge in [-0.15, -0.1) is 0 Å². The van der Waals surface area contributed by atoms with Gasteiger partial charge < -0.3 is 4.42 Å². The maximum atomic E-state index is 12.0. The monoisotopic (exact) mass is 266 g/mol. The topological polar surface area (TPSA) is 55.1 Å². The van der Waals surface area contributed by atoms with Gasteiger partial charge in [-0.25, -0.2) is 8.93 Å². The van der Waals surface area contributed by atoms with Gasteiger partial charge >= 0.3 is 0 Å². The number of hydrogen-bond donors (Lipinski definition) is 1. The summed E-state index contributed by atoms with van der Waals surface area (Å²) in [6, 6.07) is 5.48. The summed E-state index contributed by atoms with van der Waals surface area (Å²) in [5.74, 6) is 0.751. The highest BCUT2D eigenvalue weighted by molar-refractivity contribution is 7.84. The SMILES string of the molecule is CC(N[S@@](=O)C(C)(C)C)c1cc2ncccc2o1. The molecule has 2 aromatic heterocycles. The molecule has 98 valence electrons. The quantitative estimate of drug-likeness (QED) is 0.929. The second-order valence-corrected chi connectivity index (χ2v) is 7.25. The van der Waals surface area contributed by atoms with E-state index in [-0.39, 0.29) is 10.8 Å². The van der Waals surface area contributed by atoms with Crippen LogP contribution < -0.4 is 4.72 Å². The van der Waals surface area contributed by atoms with E-state index in [1.807, 2.05) is 45.9 Å². The predicted molar refractivity (Wildman–Crippen MR) is 73.5 cm³/mol. The smallest absolute Gasteiger partial charge is 0.152 e. The fraction of sp³-hybridized carbons (Fsp3) is 0.462. The van der Waals surface area contributed by atoms with Crippen LogP contribution in [0.15, 0.2) is 28.8 Å². The van der Waals surface area contributed by atoms with E-state index in [9.17, 15) is 4.21 Å². The summed E-state index contributed by atoms with van der Waals surface area (Å²) in [5.41, 5.74) is 1.57. The Labute approximate surface area is 109 Å². The van der Waals surface area contributed by atoms with Crippen molar-refractivity contribution in [3.63, 3.8) is 0 Å². The zero-order chi connectivity index (χ0) is 13.3. The fourth-order valence-corrected chi connectivity index (χ4v) is 2.29. The lowest BCUT2D eigenvalue weighted by Crippen LogP contribution is -2.34. The van der Waals surface area contributed by atoms with E-state index in [0.717, 1.165) is 16.9 Å². The van der Waals surface area contributed by atoms with Crippen LogP contribution in [-0.2, 0) is 11.0 Å². The third-order valence-corrected chi connectivity index (χ3v) is 4.25. The summed E-state index contributed by atoms with van der Waals surface area (Å²) in [6.07, 6.45) is 1.73. The Morgan fingerprint density at radius 3 is 2.78 bits per heavy atom. The average Bonchev–Trinajstić information content (AvgIpc) is 2.71. The van der Waals surface area contributed by atoms with Crippen molar-refractivity contribution in [1.82, 2.24) is 9.71 Å². The van der Waals surface area contributed by atoms with Gasteiger partial charge in [0.25, 0.3) is 0 Å². The molecule has 18 heavy (non-hydrogen) atoms. The molecule has 0 radical (unpaired) electrons. The Morgan fingerprint density at radius 2 is 2.17 bits per heavy atom. The number of nitrogens with one attached hydrogen (secondary N) is 1. The summed E-state index contributed by atoms with van der Waals surface area (Å²) in [7, 11) is -1.12. The van der Waals surface area contributed by atoms with Crippen molar-refractivity contribution in [3.8, 4) is 0 Å². The maximum absolute atomic E-state index is 12.0. The average molecular weight is 266 g/mol. The molecule has 1 N–H and O–H groups in total. The van der Waals surface area contributed by atoms with Gasteiger partial charge in [-0.05, 0) is 39.8 Å². The summed E-state index contributed by atoms with van der Waals surface area (Å²) < 4.78 is 20.4. The van der Waals surface area contributed by atoms with Crippen LogP contribution in [0.2, 0.25) is 0 Å². The van der Waals surface area contributed by atoms with E-state index in [0.29, 0.717) is 0 Å². The number of hydrogen-bond acceptors (Lipinski definition) is 3. The molecule has 0 aromatic carbocycles. The summed E-state index contributed by atoms with van der Waals surface area (Å²) in [4.78, 5) is 4.21. The zero-order valence-electron chi connectivity index (χ0n) is 11.1. The number of nitrogens with zero attached hydrogens (tertiary/aromatic N) is 1. The molecule has 0 spiro atoms. The third-order valence-electron chi connectivity index (χ3n) is 2.57. The van der Waals surface area contributed by atoms with Crippen LogP contribution in [0.25, 0.3) is 11.1 Å². The minimum absolute atomic E-state index is 0.112. The standard InChI is InChI=1S/C13H18N2O2S/c1-9(15-18(16)13(2,3)4)12-8-10-11(17-12)6-5-7-14-10/h5-9,15H,1-4H3/t9?,18-/m0/s1. The molecule has 0 aliphatic rings. The lowest BCUT2D eigenvalue weighted by molar-refractivity contribution is 0.492. The number of fused-ring (bicyclic) bond motifs is 1. The van der Waals surface area contributed by atoms with Crippen LogP contribution in [0.5, 0.6) is 0 Å². The van der Waals surface area contributed by atoms with Gasteiger partial charge in [0, 0.05) is 12.3 Å². The number of furan rings is 1. The van der Waals surface area contributed by atoms with Gasteiger partial charge in [0.2, 0.25) is 0 Å². The van der Waals surface area contributed by atoms with Crippen molar-refractivity contribution in [2.24, 2.45) is 0 Å². The van der Waals surface area contributed by atoms with Crippen LogP contribution in [0.3, 0.4) is 0 Å². The van der Waals surface area contributed by atoms with Crippen LogP contribution in [0, 0.1) is 0 Å². The molecular formula is C13H18N2O2S. The van der Waals surface area contributed by atoms with Gasteiger partial charge in [-0.2, -0.15) is 0 Å². The van der Waals surface area contributed by atoms with Crippen molar-refractivity contribution < 1.29 is 8.63 Å². The van der Waals surface area contributed by atoms with Crippen LogP contribution in [-0.4, -0.2) is 13.9 Å². The molecule has 0 saturated carbocycles. The first kappa shape index (κ1) is 13.2. The first-order valence-corrected chi connectivity index (χ1v) is 7.05. The molecule has 0 bridgehead atoms. The molecule has 1 unspecified atom stereocenters. The molecule has 4 nitrogen and oxygen atoms in total. The second-order valence-electron chi connectivity index (χ2n) is 5.26. The van der Waals surface area contributed by atoms with Crippen LogP contribution >= 0.6 is 0 Å². The summed E-state index contributed by atoms with van der Waals surface area (Å²) >= 11 is 0. The second kappa shape index (κ2) is 4.82. The van der Waals surface area contributed by atoms with Crippen molar-refractivity contribution in [3.05, 3.63) is 30.2 Å². The minimum Gasteiger partial charge on any atom is -0.458 e. The van der Waals surface area contributed by atoms with Gasteiger partial charge in [0.1, 0.15) is 11.3 Å². The molecule has 2 atom stereocenters. The number of rotatable bonds is 3. The molecule has 5 heteroatoms. The van der Waals surface area contributed by atoms with E-state index in [1.54, 1.807) is 6.20 Å². The van der Waals surface area contributed by atoms with Crippen molar-refractivity contribution in [2.75, 3.05) is 0 Å². The molecule has 2 aromatic rings. The Balaban J connectivity index is 2.18. The molecule has 0 aliphatic heterocycles. The highest BCUT2D eigenvalue weighted by Crippen LogP contribution is 2.23. The molecule has 2 heterocycles. The lowest BCUT2D eigenvalue weighted by atomic mass is 10.3. The molecule has 0 saturated heterocycles. The largest absolute Gasteiger partial charge is 0.458 e. The normalized spacial score (nSPS) is 15.8. The number of aromatic nitrogens is 1. The van der Waals surface area contributed by atoms with Crippen molar-refractivity contribution in [1.29, 1.82) is 0 Å². The van der Waals surface area contributed by atoms with E-state index in [1.165, 1.54) is 0 Å². The Morgan fingerprint density at radius 1 is 1.44 bits per heavy atom. The zero-order valence-corrected chi connectivity index (χ0v) is 11.9. The van der Waals surface area contributed by atoms with Crippen molar-refractivity contribution >= 4 is 22.1 Å². The Hall–Kier alpha value is -1.20. The highest BCUT2D eigenvalue weighted by Gasteiger charge is 2.23. The molecule has 0 aliphatic carbocycles. The molecule has 2 rings (SSSR count). The predicted octanol–water partition coefficient (Wildman–Crippen LogP) is 2.94.